The molecule has 0 aliphatic heterocycles. The predicted octanol–water partition coefficient (Wildman–Crippen LogP) is 3.37. The summed E-state index contributed by atoms with van der Waals surface area (Å²) >= 11 is 5.79. The molecule has 1 radical (unpaired) electrons. The Morgan fingerprint density at radius 3 is 2.47 bits per heavy atom. The summed E-state index contributed by atoms with van der Waals surface area (Å²) in [5.74, 6) is -0.0330. The van der Waals surface area contributed by atoms with Gasteiger partial charge in [0.25, 0.3) is 0 Å². The van der Waals surface area contributed by atoms with Crippen LogP contribution in [0.4, 0.5) is 0 Å². The van der Waals surface area contributed by atoms with Crippen molar-refractivity contribution in [3.8, 4) is 0 Å². The molecule has 73 valence electrons. The molecule has 1 nitrogen and oxygen atoms in total. The largest absolute Gasteiger partial charge is 0.289 e. The number of ketones is 1. The van der Waals surface area contributed by atoms with Gasteiger partial charge in [-0.15, -0.1) is 0 Å². The zero-order chi connectivity index (χ0) is 10.7. The fourth-order valence-electron chi connectivity index (χ4n) is 1.33. The van der Waals surface area contributed by atoms with Gasteiger partial charge in [-0.1, -0.05) is 41.9 Å². The lowest BCUT2D eigenvalue weighted by Gasteiger charge is -2.00. The second-order valence-corrected chi connectivity index (χ2v) is 3.57. The van der Waals surface area contributed by atoms with E-state index in [1.807, 2.05) is 18.2 Å². The predicted molar refractivity (Wildman–Crippen MR) is 60.2 cm³/mol. The highest BCUT2D eigenvalue weighted by Crippen LogP contribution is 2.14. The first-order valence-corrected chi connectivity index (χ1v) is 4.91. The van der Waals surface area contributed by atoms with Gasteiger partial charge in [0.2, 0.25) is 0 Å². The molecule has 0 aliphatic rings. The lowest BCUT2D eigenvalue weighted by molar-refractivity contribution is 0.103. The minimum absolute atomic E-state index is 0.0330. The SMILES string of the molecule is O=C(c1ccccc1)c1c[c]cc(Cl)c1. The zero-order valence-corrected chi connectivity index (χ0v) is 8.66. The van der Waals surface area contributed by atoms with Gasteiger partial charge in [-0.25, -0.2) is 0 Å². The third-order valence-electron chi connectivity index (χ3n) is 2.05. The average Bonchev–Trinajstić information content (AvgIpc) is 2.29. The second kappa shape index (κ2) is 4.28. The molecule has 0 saturated carbocycles. The minimum atomic E-state index is -0.0330. The maximum atomic E-state index is 11.9. The average molecular weight is 216 g/mol. The quantitative estimate of drug-likeness (QED) is 0.702. The molecule has 0 aromatic heterocycles. The first-order valence-electron chi connectivity index (χ1n) is 4.54. The monoisotopic (exact) mass is 215 g/mol. The third kappa shape index (κ3) is 2.25. The van der Waals surface area contributed by atoms with Crippen molar-refractivity contribution in [3.63, 3.8) is 0 Å². The first-order chi connectivity index (χ1) is 7.27. The van der Waals surface area contributed by atoms with Crippen molar-refractivity contribution in [2.45, 2.75) is 0 Å². The van der Waals surface area contributed by atoms with Crippen molar-refractivity contribution in [2.24, 2.45) is 0 Å². The molecule has 0 spiro atoms. The molecule has 2 heteroatoms. The van der Waals surface area contributed by atoms with E-state index in [4.69, 9.17) is 11.6 Å². The molecule has 0 aliphatic carbocycles. The molecule has 0 unspecified atom stereocenters. The van der Waals surface area contributed by atoms with E-state index in [1.165, 1.54) is 0 Å². The van der Waals surface area contributed by atoms with E-state index in [1.54, 1.807) is 30.3 Å². The Balaban J connectivity index is 2.37. The van der Waals surface area contributed by atoms with E-state index in [0.717, 1.165) is 0 Å². The van der Waals surface area contributed by atoms with E-state index in [0.29, 0.717) is 16.1 Å². The summed E-state index contributed by atoms with van der Waals surface area (Å²) in [5, 5.41) is 0.525. The Kier molecular flexibility index (Phi) is 2.84. The van der Waals surface area contributed by atoms with Crippen LogP contribution in [-0.2, 0) is 0 Å². The van der Waals surface area contributed by atoms with Crippen molar-refractivity contribution in [1.82, 2.24) is 0 Å². The molecular formula is C13H8ClO. The third-order valence-corrected chi connectivity index (χ3v) is 2.27. The highest BCUT2D eigenvalue weighted by molar-refractivity contribution is 6.31. The molecule has 0 atom stereocenters. The molecule has 2 aromatic carbocycles. The summed E-state index contributed by atoms with van der Waals surface area (Å²) in [6, 6.07) is 16.8. The van der Waals surface area contributed by atoms with Gasteiger partial charge in [0.15, 0.2) is 5.78 Å². The van der Waals surface area contributed by atoms with Gasteiger partial charge in [0.05, 0.1) is 0 Å². The molecule has 0 N–H and O–H groups in total. The topological polar surface area (TPSA) is 17.1 Å². The van der Waals surface area contributed by atoms with Gasteiger partial charge in [-0.2, -0.15) is 0 Å². The van der Waals surface area contributed by atoms with E-state index in [2.05, 4.69) is 6.07 Å². The Hall–Kier alpha value is -1.60. The summed E-state index contributed by atoms with van der Waals surface area (Å²) in [6.07, 6.45) is 0. The minimum Gasteiger partial charge on any atom is -0.289 e. The molecule has 15 heavy (non-hydrogen) atoms. The Morgan fingerprint density at radius 2 is 1.80 bits per heavy atom. The maximum absolute atomic E-state index is 11.9. The molecule has 0 fully saturated rings. The van der Waals surface area contributed by atoms with Crippen molar-refractivity contribution in [1.29, 1.82) is 0 Å². The van der Waals surface area contributed by atoms with Crippen molar-refractivity contribution < 1.29 is 4.79 Å². The fourth-order valence-corrected chi connectivity index (χ4v) is 1.51. The molecule has 0 bridgehead atoms. The Bertz CT molecular complexity index is 477. The zero-order valence-electron chi connectivity index (χ0n) is 7.91. The number of rotatable bonds is 2. The van der Waals surface area contributed by atoms with E-state index < -0.39 is 0 Å². The number of hydrogen-bond acceptors (Lipinski definition) is 1. The van der Waals surface area contributed by atoms with Gasteiger partial charge in [-0.3, -0.25) is 4.79 Å². The van der Waals surface area contributed by atoms with Gasteiger partial charge in [0, 0.05) is 16.1 Å². The van der Waals surface area contributed by atoms with Crippen LogP contribution in [-0.4, -0.2) is 5.78 Å². The van der Waals surface area contributed by atoms with Crippen LogP contribution in [0.25, 0.3) is 0 Å². The summed E-state index contributed by atoms with van der Waals surface area (Å²) in [4.78, 5) is 11.9. The molecular weight excluding hydrogens is 208 g/mol. The lowest BCUT2D eigenvalue weighted by atomic mass is 10.0. The molecule has 0 saturated heterocycles. The normalized spacial score (nSPS) is 9.93. The van der Waals surface area contributed by atoms with Crippen LogP contribution in [0, 0.1) is 6.07 Å². The van der Waals surface area contributed by atoms with Gasteiger partial charge in [0.1, 0.15) is 0 Å². The van der Waals surface area contributed by atoms with Crippen LogP contribution in [0.5, 0.6) is 0 Å². The fraction of sp³-hybridized carbons (Fsp3) is 0. The number of carbonyl (C=O) groups is 1. The van der Waals surface area contributed by atoms with Crippen LogP contribution in [0.3, 0.4) is 0 Å². The summed E-state index contributed by atoms with van der Waals surface area (Å²) in [7, 11) is 0. The highest BCUT2D eigenvalue weighted by atomic mass is 35.5. The van der Waals surface area contributed by atoms with Gasteiger partial charge >= 0.3 is 0 Å². The standard InChI is InChI=1S/C13H8ClO/c14-12-8-4-7-11(9-12)13(15)10-5-2-1-3-6-10/h1-3,5-9H. The summed E-state index contributed by atoms with van der Waals surface area (Å²) in [5.41, 5.74) is 1.22. The first kappa shape index (κ1) is 9.94. The lowest BCUT2D eigenvalue weighted by Crippen LogP contribution is -2.00. The second-order valence-electron chi connectivity index (χ2n) is 3.14. The molecule has 0 heterocycles. The van der Waals surface area contributed by atoms with Crippen molar-refractivity contribution >= 4 is 17.4 Å². The smallest absolute Gasteiger partial charge is 0.193 e. The molecule has 2 aromatic rings. The van der Waals surface area contributed by atoms with E-state index in [-0.39, 0.29) is 5.78 Å². The van der Waals surface area contributed by atoms with Crippen LogP contribution >= 0.6 is 11.6 Å². The highest BCUT2D eigenvalue weighted by Gasteiger charge is 2.07. The van der Waals surface area contributed by atoms with Crippen molar-refractivity contribution in [3.05, 3.63) is 70.7 Å². The van der Waals surface area contributed by atoms with Crippen LogP contribution in [0.1, 0.15) is 15.9 Å². The van der Waals surface area contributed by atoms with Crippen LogP contribution in [0.15, 0.2) is 48.5 Å². The van der Waals surface area contributed by atoms with Crippen LogP contribution in [0.2, 0.25) is 5.02 Å². The number of carbonyl (C=O) groups excluding carboxylic acids is 1. The van der Waals surface area contributed by atoms with Gasteiger partial charge in [-0.05, 0) is 24.3 Å². The molecule has 0 amide bonds. The van der Waals surface area contributed by atoms with E-state index in [9.17, 15) is 4.79 Å². The summed E-state index contributed by atoms with van der Waals surface area (Å²) in [6.45, 7) is 0. The Labute approximate surface area is 93.3 Å². The Morgan fingerprint density at radius 1 is 1.07 bits per heavy atom. The summed E-state index contributed by atoms with van der Waals surface area (Å²) < 4.78 is 0. The number of hydrogen-bond donors (Lipinski definition) is 0. The molecule has 2 rings (SSSR count). The maximum Gasteiger partial charge on any atom is 0.193 e. The van der Waals surface area contributed by atoms with Crippen LogP contribution < -0.4 is 0 Å². The van der Waals surface area contributed by atoms with E-state index >= 15 is 0 Å². The number of halogens is 1. The van der Waals surface area contributed by atoms with Gasteiger partial charge < -0.3 is 0 Å². The van der Waals surface area contributed by atoms with Crippen molar-refractivity contribution in [2.75, 3.05) is 0 Å². The number of benzene rings is 2.